The average Bonchev–Trinajstić information content (AvgIpc) is 3.31. The normalized spacial score (nSPS) is 13.1. The minimum absolute atomic E-state index is 0.118. The zero-order chi connectivity index (χ0) is 47.9. The average molecular weight is 913 g/mol. The number of unbranched alkanes of at least 4 members (excludes halogenated alkanes) is 15. The maximum Gasteiger partial charge on any atom is 0.306 e. The monoisotopic (exact) mass is 913 g/mol. The number of ether oxygens (including phenoxy) is 3. The van der Waals surface area contributed by atoms with Gasteiger partial charge >= 0.3 is 17.9 Å². The lowest BCUT2D eigenvalue weighted by Crippen LogP contribution is -2.30. The summed E-state index contributed by atoms with van der Waals surface area (Å²) in [6, 6.07) is 0. The number of carbonyl (C=O) groups is 3. The smallest absolute Gasteiger partial charge is 0.306 e. The van der Waals surface area contributed by atoms with Crippen molar-refractivity contribution in [2.75, 3.05) is 13.2 Å². The molecule has 6 nitrogen and oxygen atoms in total. The van der Waals surface area contributed by atoms with E-state index in [1.54, 1.807) is 0 Å². The Labute approximate surface area is 405 Å². The van der Waals surface area contributed by atoms with Gasteiger partial charge in [-0.2, -0.15) is 0 Å². The van der Waals surface area contributed by atoms with Gasteiger partial charge in [0.2, 0.25) is 0 Å². The Morgan fingerprint density at radius 3 is 1.00 bits per heavy atom. The van der Waals surface area contributed by atoms with Gasteiger partial charge < -0.3 is 14.2 Å². The molecular formula is C60H96O6. The fourth-order valence-corrected chi connectivity index (χ4v) is 6.69. The van der Waals surface area contributed by atoms with Crippen LogP contribution in [0.5, 0.6) is 0 Å². The van der Waals surface area contributed by atoms with Gasteiger partial charge in [0.15, 0.2) is 6.10 Å². The molecule has 0 rings (SSSR count). The molecular weight excluding hydrogens is 817 g/mol. The Hall–Kier alpha value is -4.19. The second kappa shape index (κ2) is 53.4. The molecule has 0 aromatic carbocycles. The summed E-state index contributed by atoms with van der Waals surface area (Å²) in [5.74, 6) is -1.02. The highest BCUT2D eigenvalue weighted by Gasteiger charge is 2.19. The molecule has 0 saturated carbocycles. The number of hydrogen-bond acceptors (Lipinski definition) is 6. The summed E-state index contributed by atoms with van der Waals surface area (Å²) in [6.45, 7) is 6.37. The first kappa shape index (κ1) is 61.8. The van der Waals surface area contributed by atoms with Crippen molar-refractivity contribution in [2.24, 2.45) is 0 Å². The molecule has 1 atom stereocenters. The van der Waals surface area contributed by atoms with Crippen LogP contribution in [0.25, 0.3) is 0 Å². The molecule has 6 heteroatoms. The summed E-state index contributed by atoms with van der Waals surface area (Å²) in [5.41, 5.74) is 0. The molecule has 0 fully saturated rings. The number of rotatable bonds is 46. The minimum Gasteiger partial charge on any atom is -0.462 e. The van der Waals surface area contributed by atoms with Gasteiger partial charge in [0, 0.05) is 19.3 Å². The van der Waals surface area contributed by atoms with Crippen LogP contribution >= 0.6 is 0 Å². The van der Waals surface area contributed by atoms with E-state index >= 15 is 0 Å². The Morgan fingerprint density at radius 2 is 0.606 bits per heavy atom. The maximum atomic E-state index is 12.8. The number of allylic oxidation sites excluding steroid dienone is 20. The SMILES string of the molecule is CC/C=C\C/C=C\C/C=C\C/C=C\C/C=C\CCCCCC(=O)OC[C@@H](COC(=O)CCCCCCC/C=C\CCCCC)OC(=O)CCC/C=C\C/C=C\C/C=C\C/C=C\CCCCC. The molecule has 0 saturated heterocycles. The van der Waals surface area contributed by atoms with Crippen molar-refractivity contribution in [3.8, 4) is 0 Å². The van der Waals surface area contributed by atoms with Gasteiger partial charge in [-0.25, -0.2) is 0 Å². The zero-order valence-electron chi connectivity index (χ0n) is 42.4. The third kappa shape index (κ3) is 50.8. The number of esters is 3. The summed E-state index contributed by atoms with van der Waals surface area (Å²) in [6.07, 6.45) is 73.3. The number of hydrogen-bond donors (Lipinski definition) is 0. The second-order valence-corrected chi connectivity index (χ2v) is 17.0. The van der Waals surface area contributed by atoms with Crippen LogP contribution in [0.15, 0.2) is 122 Å². The third-order valence-electron chi connectivity index (χ3n) is 10.7. The summed E-state index contributed by atoms with van der Waals surface area (Å²) in [4.78, 5) is 38.0. The highest BCUT2D eigenvalue weighted by atomic mass is 16.6. The van der Waals surface area contributed by atoms with E-state index in [4.69, 9.17) is 14.2 Å². The van der Waals surface area contributed by atoms with E-state index in [0.29, 0.717) is 19.3 Å². The van der Waals surface area contributed by atoms with Gasteiger partial charge in [0.25, 0.3) is 0 Å². The van der Waals surface area contributed by atoms with Crippen LogP contribution in [0, 0.1) is 0 Å². The summed E-state index contributed by atoms with van der Waals surface area (Å²) < 4.78 is 16.7. The first-order valence-corrected chi connectivity index (χ1v) is 26.5. The van der Waals surface area contributed by atoms with E-state index in [1.165, 1.54) is 57.8 Å². The van der Waals surface area contributed by atoms with Gasteiger partial charge in [-0.1, -0.05) is 194 Å². The van der Waals surface area contributed by atoms with Crippen LogP contribution in [0.1, 0.15) is 220 Å². The van der Waals surface area contributed by atoms with Crippen molar-refractivity contribution in [3.63, 3.8) is 0 Å². The third-order valence-corrected chi connectivity index (χ3v) is 10.7. The molecule has 0 spiro atoms. The molecule has 372 valence electrons. The van der Waals surface area contributed by atoms with Crippen LogP contribution in [-0.2, 0) is 28.6 Å². The molecule has 0 aromatic rings. The molecule has 0 unspecified atom stereocenters. The van der Waals surface area contributed by atoms with E-state index < -0.39 is 6.10 Å². The molecule has 0 aliphatic rings. The van der Waals surface area contributed by atoms with Crippen molar-refractivity contribution in [2.45, 2.75) is 226 Å². The standard InChI is InChI=1S/C60H96O6/c1-4-7-10-13-16-19-22-25-27-29-30-32-33-35-38-41-44-47-50-53-59(62)65-56-57(55-64-58(61)52-49-46-43-40-37-24-21-18-15-12-9-6-3)66-60(63)54-51-48-45-42-39-36-34-31-28-26-23-20-17-14-11-8-5-2/h7,10,16-21,25-28,30,32,34-36,38,42,45,57H,4-6,8-9,11-15,22-24,29,31,33,37,39-41,43-44,46-56H2,1-3H3/b10-7-,19-16-,20-17-,21-18-,27-25-,28-26-,32-30-,36-34-,38-35-,45-42-/t57-/m1/s1. The summed E-state index contributed by atoms with van der Waals surface area (Å²) in [7, 11) is 0. The molecule has 0 amide bonds. The molecule has 0 aliphatic heterocycles. The van der Waals surface area contributed by atoms with Crippen molar-refractivity contribution < 1.29 is 28.6 Å². The maximum absolute atomic E-state index is 12.8. The molecule has 66 heavy (non-hydrogen) atoms. The van der Waals surface area contributed by atoms with Gasteiger partial charge in [0.05, 0.1) is 0 Å². The Kier molecular flexibility index (Phi) is 50.0. The predicted molar refractivity (Wildman–Crippen MR) is 283 cm³/mol. The lowest BCUT2D eigenvalue weighted by Gasteiger charge is -2.18. The van der Waals surface area contributed by atoms with Crippen molar-refractivity contribution >= 4 is 17.9 Å². The van der Waals surface area contributed by atoms with Gasteiger partial charge in [-0.15, -0.1) is 0 Å². The fraction of sp³-hybridized carbons (Fsp3) is 0.617. The van der Waals surface area contributed by atoms with Crippen molar-refractivity contribution in [3.05, 3.63) is 122 Å². The minimum atomic E-state index is -0.827. The van der Waals surface area contributed by atoms with Gasteiger partial charge in [0.1, 0.15) is 13.2 Å². The molecule has 0 aromatic heterocycles. The van der Waals surface area contributed by atoms with Crippen LogP contribution < -0.4 is 0 Å². The molecule has 0 radical (unpaired) electrons. The van der Waals surface area contributed by atoms with Gasteiger partial charge in [-0.05, 0) is 128 Å². The van der Waals surface area contributed by atoms with Crippen LogP contribution in [0.3, 0.4) is 0 Å². The molecule has 0 heterocycles. The number of carbonyl (C=O) groups excluding carboxylic acids is 3. The Balaban J connectivity index is 4.56. The lowest BCUT2D eigenvalue weighted by molar-refractivity contribution is -0.167. The van der Waals surface area contributed by atoms with Crippen LogP contribution in [0.4, 0.5) is 0 Å². The summed E-state index contributed by atoms with van der Waals surface area (Å²) in [5, 5.41) is 0. The van der Waals surface area contributed by atoms with Gasteiger partial charge in [-0.3, -0.25) is 14.4 Å². The van der Waals surface area contributed by atoms with Crippen molar-refractivity contribution in [1.29, 1.82) is 0 Å². The summed E-state index contributed by atoms with van der Waals surface area (Å²) >= 11 is 0. The molecule has 0 bridgehead atoms. The molecule has 0 N–H and O–H groups in total. The Morgan fingerprint density at radius 1 is 0.318 bits per heavy atom. The zero-order valence-corrected chi connectivity index (χ0v) is 42.4. The first-order valence-electron chi connectivity index (χ1n) is 26.5. The highest BCUT2D eigenvalue weighted by molar-refractivity contribution is 5.71. The largest absolute Gasteiger partial charge is 0.462 e. The fourth-order valence-electron chi connectivity index (χ4n) is 6.69. The van der Waals surface area contributed by atoms with E-state index in [2.05, 4.69) is 142 Å². The Bertz CT molecular complexity index is 1420. The van der Waals surface area contributed by atoms with Crippen LogP contribution in [0.2, 0.25) is 0 Å². The van der Waals surface area contributed by atoms with E-state index in [0.717, 1.165) is 116 Å². The van der Waals surface area contributed by atoms with E-state index in [1.807, 2.05) is 0 Å². The highest BCUT2D eigenvalue weighted by Crippen LogP contribution is 2.12. The first-order chi connectivity index (χ1) is 32.5. The lowest BCUT2D eigenvalue weighted by atomic mass is 10.1. The molecule has 0 aliphatic carbocycles. The van der Waals surface area contributed by atoms with Crippen LogP contribution in [-0.4, -0.2) is 37.2 Å². The second-order valence-electron chi connectivity index (χ2n) is 17.0. The van der Waals surface area contributed by atoms with E-state index in [-0.39, 0.29) is 37.5 Å². The quantitative estimate of drug-likeness (QED) is 0.0262. The van der Waals surface area contributed by atoms with E-state index in [9.17, 15) is 14.4 Å². The predicted octanol–water partition coefficient (Wildman–Crippen LogP) is 17.7. The van der Waals surface area contributed by atoms with Crippen molar-refractivity contribution in [1.82, 2.24) is 0 Å². The topological polar surface area (TPSA) is 78.9 Å².